The molecular formula is C27H33N3O3. The number of rotatable bonds is 5. The first-order valence-corrected chi connectivity index (χ1v) is 12.4. The minimum Gasteiger partial charge on any atom is -0.481 e. The number of nitrogens with zero attached hydrogens (tertiary/aromatic N) is 2. The molecule has 1 amide bonds. The molecule has 3 atom stereocenters. The second-order valence-electron chi connectivity index (χ2n) is 9.87. The molecule has 2 fully saturated rings. The normalized spacial score (nSPS) is 24.1. The van der Waals surface area contributed by atoms with Crippen LogP contribution >= 0.6 is 0 Å². The zero-order chi connectivity index (χ0) is 22.8. The highest BCUT2D eigenvalue weighted by atomic mass is 16.4. The molecule has 1 aromatic carbocycles. The van der Waals surface area contributed by atoms with Crippen LogP contribution in [0.1, 0.15) is 67.2 Å². The summed E-state index contributed by atoms with van der Waals surface area (Å²) in [5, 5.41) is 13.3. The van der Waals surface area contributed by atoms with Crippen LogP contribution in [0.4, 0.5) is 5.82 Å². The molecule has 33 heavy (non-hydrogen) atoms. The first kappa shape index (κ1) is 21.9. The van der Waals surface area contributed by atoms with Crippen molar-refractivity contribution in [2.24, 2.45) is 11.8 Å². The number of aryl methyl sites for hydroxylation is 1. The maximum Gasteiger partial charge on any atom is 0.311 e. The Morgan fingerprint density at radius 3 is 2.58 bits per heavy atom. The third-order valence-electron chi connectivity index (χ3n) is 7.86. The van der Waals surface area contributed by atoms with Crippen LogP contribution in [0.25, 0.3) is 0 Å². The standard InChI is InChI=1S/C27H33N3O3/c31-26(22-9-8-21(17-22)24(27(32)33)19-5-2-1-3-6-19)30-15-12-18(13-16-30)23-11-10-20-7-4-14-28-25(20)29-23/h1-3,5-6,10-11,18,21-22,24H,4,7-9,12-17H2,(H,28,29)(H,32,33)/t21?,22-,24+/m1/s1. The monoisotopic (exact) mass is 447 g/mol. The number of carbonyl (C=O) groups excluding carboxylic acids is 1. The topological polar surface area (TPSA) is 82.5 Å². The number of aromatic nitrogens is 1. The lowest BCUT2D eigenvalue weighted by molar-refractivity contribution is -0.141. The Morgan fingerprint density at radius 2 is 1.82 bits per heavy atom. The molecule has 2 aliphatic heterocycles. The Balaban J connectivity index is 1.18. The maximum absolute atomic E-state index is 13.3. The number of pyridine rings is 1. The summed E-state index contributed by atoms with van der Waals surface area (Å²) in [5.74, 6) is 0.306. The van der Waals surface area contributed by atoms with Gasteiger partial charge in [0.1, 0.15) is 5.82 Å². The van der Waals surface area contributed by atoms with E-state index in [2.05, 4.69) is 17.4 Å². The summed E-state index contributed by atoms with van der Waals surface area (Å²) in [6, 6.07) is 13.9. The summed E-state index contributed by atoms with van der Waals surface area (Å²) in [5.41, 5.74) is 3.29. The van der Waals surface area contributed by atoms with Gasteiger partial charge in [0, 0.05) is 37.2 Å². The molecule has 6 nitrogen and oxygen atoms in total. The minimum atomic E-state index is -0.785. The van der Waals surface area contributed by atoms with Crippen LogP contribution in [-0.4, -0.2) is 46.5 Å². The predicted molar refractivity (Wildman–Crippen MR) is 127 cm³/mol. The summed E-state index contributed by atoms with van der Waals surface area (Å²) < 4.78 is 0. The summed E-state index contributed by atoms with van der Waals surface area (Å²) in [4.78, 5) is 32.2. The Hall–Kier alpha value is -2.89. The number of nitrogens with one attached hydrogen (secondary N) is 1. The number of fused-ring (bicyclic) bond motifs is 1. The maximum atomic E-state index is 13.3. The molecule has 1 aromatic heterocycles. The molecule has 0 bridgehead atoms. The van der Waals surface area contributed by atoms with Crippen LogP contribution in [0.5, 0.6) is 0 Å². The van der Waals surface area contributed by atoms with E-state index in [1.807, 2.05) is 35.2 Å². The number of piperidine rings is 1. The van der Waals surface area contributed by atoms with Gasteiger partial charge >= 0.3 is 5.97 Å². The van der Waals surface area contributed by atoms with Crippen molar-refractivity contribution in [3.8, 4) is 0 Å². The van der Waals surface area contributed by atoms with Gasteiger partial charge in [0.05, 0.1) is 5.92 Å². The number of carbonyl (C=O) groups is 2. The van der Waals surface area contributed by atoms with Crippen LogP contribution in [0.2, 0.25) is 0 Å². The van der Waals surface area contributed by atoms with Crippen LogP contribution in [-0.2, 0) is 16.0 Å². The highest BCUT2D eigenvalue weighted by Gasteiger charge is 2.40. The third-order valence-corrected chi connectivity index (χ3v) is 7.86. The van der Waals surface area contributed by atoms with Gasteiger partial charge in [0.2, 0.25) is 5.91 Å². The van der Waals surface area contributed by atoms with E-state index in [9.17, 15) is 14.7 Å². The SMILES string of the molecule is O=C(O)[C@@H](c1ccccc1)C1CC[C@@H](C(=O)N2CCC(c3ccc4c(n3)NCCC4)CC2)C1. The first-order valence-electron chi connectivity index (χ1n) is 12.4. The fourth-order valence-corrected chi connectivity index (χ4v) is 6.04. The van der Waals surface area contributed by atoms with Crippen molar-refractivity contribution in [1.29, 1.82) is 0 Å². The van der Waals surface area contributed by atoms with Gasteiger partial charge in [-0.2, -0.15) is 0 Å². The van der Waals surface area contributed by atoms with Gasteiger partial charge in [-0.1, -0.05) is 36.4 Å². The van der Waals surface area contributed by atoms with Crippen LogP contribution in [0.3, 0.4) is 0 Å². The summed E-state index contributed by atoms with van der Waals surface area (Å²) >= 11 is 0. The Morgan fingerprint density at radius 1 is 1.03 bits per heavy atom. The number of likely N-dealkylation sites (tertiary alicyclic amines) is 1. The zero-order valence-electron chi connectivity index (χ0n) is 19.1. The van der Waals surface area contributed by atoms with E-state index >= 15 is 0 Å². The zero-order valence-corrected chi connectivity index (χ0v) is 19.1. The summed E-state index contributed by atoms with van der Waals surface area (Å²) in [7, 11) is 0. The van der Waals surface area contributed by atoms with Gasteiger partial charge in [-0.15, -0.1) is 0 Å². The van der Waals surface area contributed by atoms with Crippen molar-refractivity contribution < 1.29 is 14.7 Å². The molecular weight excluding hydrogens is 414 g/mol. The van der Waals surface area contributed by atoms with Crippen LogP contribution < -0.4 is 5.32 Å². The van der Waals surface area contributed by atoms with E-state index in [0.717, 1.165) is 75.2 Å². The Kier molecular flexibility index (Phi) is 6.34. The quantitative estimate of drug-likeness (QED) is 0.709. The average Bonchev–Trinajstić information content (AvgIpc) is 3.33. The number of carboxylic acids is 1. The molecule has 5 rings (SSSR count). The Labute approximate surface area is 195 Å². The van der Waals surface area contributed by atoms with E-state index in [1.165, 1.54) is 5.56 Å². The van der Waals surface area contributed by atoms with Gasteiger partial charge in [0.25, 0.3) is 0 Å². The number of hydrogen-bond donors (Lipinski definition) is 2. The number of hydrogen-bond acceptors (Lipinski definition) is 4. The number of anilines is 1. The van der Waals surface area contributed by atoms with Crippen LogP contribution in [0.15, 0.2) is 42.5 Å². The largest absolute Gasteiger partial charge is 0.481 e. The molecule has 2 aromatic rings. The van der Waals surface area contributed by atoms with Gasteiger partial charge in [-0.3, -0.25) is 9.59 Å². The molecule has 1 aliphatic carbocycles. The van der Waals surface area contributed by atoms with E-state index in [4.69, 9.17) is 4.98 Å². The van der Waals surface area contributed by atoms with Crippen molar-refractivity contribution in [2.45, 2.75) is 56.8 Å². The minimum absolute atomic E-state index is 0.0172. The molecule has 1 saturated carbocycles. The van der Waals surface area contributed by atoms with Gasteiger partial charge < -0.3 is 15.3 Å². The predicted octanol–water partition coefficient (Wildman–Crippen LogP) is 4.43. The lowest BCUT2D eigenvalue weighted by Gasteiger charge is -2.34. The van der Waals surface area contributed by atoms with Crippen molar-refractivity contribution in [2.75, 3.05) is 25.0 Å². The van der Waals surface area contributed by atoms with Crippen molar-refractivity contribution in [1.82, 2.24) is 9.88 Å². The lowest BCUT2D eigenvalue weighted by atomic mass is 9.84. The van der Waals surface area contributed by atoms with Crippen molar-refractivity contribution in [3.05, 3.63) is 59.3 Å². The van der Waals surface area contributed by atoms with Crippen LogP contribution in [0, 0.1) is 11.8 Å². The number of benzene rings is 1. The summed E-state index contributed by atoms with van der Waals surface area (Å²) in [6.45, 7) is 2.52. The van der Waals surface area contributed by atoms with Gasteiger partial charge in [-0.05, 0) is 68.1 Å². The Bertz CT molecular complexity index is 1000. The number of carboxylic acid groups (broad SMARTS) is 1. The molecule has 0 radical (unpaired) electrons. The molecule has 3 aliphatic rings. The first-order chi connectivity index (χ1) is 16.1. The highest BCUT2D eigenvalue weighted by Crippen LogP contribution is 2.42. The van der Waals surface area contributed by atoms with Crippen molar-refractivity contribution >= 4 is 17.7 Å². The fraction of sp³-hybridized carbons (Fsp3) is 0.519. The van der Waals surface area contributed by atoms with Gasteiger partial charge in [-0.25, -0.2) is 4.98 Å². The third kappa shape index (κ3) is 4.61. The van der Waals surface area contributed by atoms with Crippen molar-refractivity contribution in [3.63, 3.8) is 0 Å². The smallest absolute Gasteiger partial charge is 0.311 e. The summed E-state index contributed by atoms with van der Waals surface area (Å²) in [6.07, 6.45) is 6.39. The molecule has 174 valence electrons. The lowest BCUT2D eigenvalue weighted by Crippen LogP contribution is -2.41. The number of amides is 1. The molecule has 1 unspecified atom stereocenters. The number of aliphatic carboxylic acids is 1. The van der Waals surface area contributed by atoms with E-state index in [-0.39, 0.29) is 17.7 Å². The fourth-order valence-electron chi connectivity index (χ4n) is 6.04. The molecule has 6 heteroatoms. The van der Waals surface area contributed by atoms with E-state index in [0.29, 0.717) is 12.3 Å². The average molecular weight is 448 g/mol. The second-order valence-corrected chi connectivity index (χ2v) is 9.87. The van der Waals surface area contributed by atoms with E-state index < -0.39 is 11.9 Å². The molecule has 1 saturated heterocycles. The molecule has 0 spiro atoms. The van der Waals surface area contributed by atoms with Gasteiger partial charge in [0.15, 0.2) is 0 Å². The highest BCUT2D eigenvalue weighted by molar-refractivity contribution is 5.80. The van der Waals surface area contributed by atoms with E-state index in [1.54, 1.807) is 0 Å². The molecule has 2 N–H and O–H groups in total. The second kappa shape index (κ2) is 9.54. The molecule has 3 heterocycles.